The van der Waals surface area contributed by atoms with Crippen molar-refractivity contribution in [3.8, 4) is 0 Å². The summed E-state index contributed by atoms with van der Waals surface area (Å²) < 4.78 is 47.1. The zero-order valence-electron chi connectivity index (χ0n) is 15.6. The number of anilines is 2. The number of carbonyl (C=O) groups is 1. The molecular formula is C18H23F3N4O2S. The van der Waals surface area contributed by atoms with E-state index in [1.54, 1.807) is 11.8 Å². The average Bonchev–Trinajstić information content (AvgIpc) is 3.02. The molecule has 2 saturated heterocycles. The van der Waals surface area contributed by atoms with Crippen LogP contribution in [0.4, 0.5) is 29.3 Å². The summed E-state index contributed by atoms with van der Waals surface area (Å²) in [6, 6.07) is 2.29. The molecule has 0 aliphatic carbocycles. The van der Waals surface area contributed by atoms with Gasteiger partial charge in [0.2, 0.25) is 0 Å². The maximum atomic E-state index is 14.7. The second kappa shape index (κ2) is 8.95. The highest BCUT2D eigenvalue weighted by molar-refractivity contribution is 7.80. The fraction of sp³-hybridized carbons (Fsp3) is 0.556. The third kappa shape index (κ3) is 4.67. The van der Waals surface area contributed by atoms with Crippen LogP contribution in [0.2, 0.25) is 0 Å². The predicted octanol–water partition coefficient (Wildman–Crippen LogP) is 2.32. The van der Waals surface area contributed by atoms with Crippen LogP contribution in [0.3, 0.4) is 0 Å². The number of ether oxygens (including phenoxy) is 1. The first-order chi connectivity index (χ1) is 13.4. The molecule has 6 nitrogen and oxygen atoms in total. The van der Waals surface area contributed by atoms with E-state index in [0.29, 0.717) is 44.3 Å². The molecule has 0 unspecified atom stereocenters. The second-order valence-corrected chi connectivity index (χ2v) is 7.44. The number of cyclic esters (lactones) is 1. The summed E-state index contributed by atoms with van der Waals surface area (Å²) in [6.45, 7) is 4.00. The molecule has 0 spiro atoms. The van der Waals surface area contributed by atoms with Crippen molar-refractivity contribution in [1.82, 2.24) is 10.2 Å². The van der Waals surface area contributed by atoms with E-state index in [0.717, 1.165) is 12.1 Å². The Morgan fingerprint density at radius 2 is 1.89 bits per heavy atom. The molecule has 0 aromatic heterocycles. The summed E-state index contributed by atoms with van der Waals surface area (Å²) in [4.78, 5) is 17.4. The lowest BCUT2D eigenvalue weighted by Crippen LogP contribution is -2.47. The van der Waals surface area contributed by atoms with Crippen LogP contribution in [0, 0.1) is 11.6 Å². The minimum absolute atomic E-state index is 0.112. The van der Waals surface area contributed by atoms with Crippen LogP contribution < -0.4 is 15.1 Å². The van der Waals surface area contributed by atoms with E-state index in [4.69, 9.17) is 17.0 Å². The Morgan fingerprint density at radius 3 is 2.46 bits per heavy atom. The minimum atomic E-state index is -0.738. The Hall–Kier alpha value is -2.07. The van der Waals surface area contributed by atoms with Gasteiger partial charge in [-0.15, -0.1) is 0 Å². The molecule has 3 rings (SSSR count). The van der Waals surface area contributed by atoms with Crippen LogP contribution in [0.1, 0.15) is 6.92 Å². The van der Waals surface area contributed by atoms with Gasteiger partial charge in [0, 0.05) is 44.9 Å². The van der Waals surface area contributed by atoms with Crippen molar-refractivity contribution in [3.05, 3.63) is 23.8 Å². The van der Waals surface area contributed by atoms with Gasteiger partial charge in [0.05, 0.1) is 23.8 Å². The Labute approximate surface area is 167 Å². The summed E-state index contributed by atoms with van der Waals surface area (Å²) in [5.74, 6) is -1.48. The molecule has 0 bridgehead atoms. The van der Waals surface area contributed by atoms with Gasteiger partial charge in [-0.3, -0.25) is 9.80 Å². The molecule has 2 fully saturated rings. The molecule has 1 N–H and O–H groups in total. The van der Waals surface area contributed by atoms with Crippen LogP contribution in [-0.2, 0) is 4.74 Å². The number of benzene rings is 1. The van der Waals surface area contributed by atoms with E-state index in [-0.39, 0.29) is 17.9 Å². The number of halogens is 3. The van der Waals surface area contributed by atoms with Gasteiger partial charge in [-0.25, -0.2) is 18.0 Å². The molecule has 0 radical (unpaired) electrons. The summed E-state index contributed by atoms with van der Waals surface area (Å²) in [6.07, 6.45) is -1.11. The molecule has 1 amide bonds. The number of nitrogens with zero attached hydrogens (tertiary/aromatic N) is 3. The van der Waals surface area contributed by atoms with E-state index in [2.05, 4.69) is 5.32 Å². The topological polar surface area (TPSA) is 48.0 Å². The normalized spacial score (nSPS) is 20.4. The highest BCUT2D eigenvalue weighted by Gasteiger charge is 2.33. The Kier molecular flexibility index (Phi) is 6.61. The van der Waals surface area contributed by atoms with Crippen molar-refractivity contribution >= 4 is 34.7 Å². The molecule has 2 aliphatic rings. The van der Waals surface area contributed by atoms with Crippen LogP contribution in [0.15, 0.2) is 12.1 Å². The van der Waals surface area contributed by atoms with Crippen LogP contribution in [0.25, 0.3) is 0 Å². The van der Waals surface area contributed by atoms with E-state index in [1.165, 1.54) is 4.90 Å². The number of nitrogens with one attached hydrogen (secondary N) is 1. The third-order valence-electron chi connectivity index (χ3n) is 4.86. The molecule has 2 aliphatic heterocycles. The number of carbonyl (C=O) groups excluding carboxylic acids is 1. The Balaban J connectivity index is 1.70. The minimum Gasteiger partial charge on any atom is -0.442 e. The average molecular weight is 416 g/mol. The Bertz CT molecular complexity index is 721. The summed E-state index contributed by atoms with van der Waals surface area (Å²) in [5, 5.41) is 2.91. The number of hydrogen-bond acceptors (Lipinski definition) is 5. The molecule has 1 aromatic rings. The van der Waals surface area contributed by atoms with Gasteiger partial charge < -0.3 is 15.0 Å². The summed E-state index contributed by atoms with van der Waals surface area (Å²) in [5.41, 5.74) is -0.00727. The summed E-state index contributed by atoms with van der Waals surface area (Å²) >= 11 is 4.92. The van der Waals surface area contributed by atoms with Crippen molar-refractivity contribution in [1.29, 1.82) is 0 Å². The molecule has 0 saturated carbocycles. The first-order valence-electron chi connectivity index (χ1n) is 9.14. The standard InChI is InChI=1S/C18H23F3N4O2S/c1-12(28)22-10-14-11-25(18(26)27-14)13-8-15(20)17(16(21)9-13)24-6-4-23(3-2-19)5-7-24/h8-9,14H,2-7,10-11H2,1H3,(H,22,28)/t14-/m0/s1. The van der Waals surface area contributed by atoms with Gasteiger partial charge in [-0.1, -0.05) is 12.2 Å². The van der Waals surface area contributed by atoms with E-state index in [9.17, 15) is 18.0 Å². The zero-order valence-corrected chi connectivity index (χ0v) is 16.4. The maximum absolute atomic E-state index is 14.7. The maximum Gasteiger partial charge on any atom is 0.414 e. The van der Waals surface area contributed by atoms with Crippen LogP contribution >= 0.6 is 12.2 Å². The summed E-state index contributed by atoms with van der Waals surface area (Å²) in [7, 11) is 0. The van der Waals surface area contributed by atoms with E-state index >= 15 is 0 Å². The lowest BCUT2D eigenvalue weighted by atomic mass is 10.2. The number of alkyl halides is 1. The van der Waals surface area contributed by atoms with Gasteiger partial charge in [-0.2, -0.15) is 0 Å². The van der Waals surface area contributed by atoms with Crippen molar-refractivity contribution in [2.75, 3.05) is 62.3 Å². The van der Waals surface area contributed by atoms with Crippen molar-refractivity contribution in [2.24, 2.45) is 0 Å². The predicted molar refractivity (Wildman–Crippen MR) is 105 cm³/mol. The third-order valence-corrected chi connectivity index (χ3v) is 5.00. The number of hydrogen-bond donors (Lipinski definition) is 1. The van der Waals surface area contributed by atoms with Gasteiger partial charge in [0.25, 0.3) is 0 Å². The smallest absolute Gasteiger partial charge is 0.414 e. The van der Waals surface area contributed by atoms with Gasteiger partial charge >= 0.3 is 6.09 Å². The highest BCUT2D eigenvalue weighted by atomic mass is 32.1. The van der Waals surface area contributed by atoms with Gasteiger partial charge in [-0.05, 0) is 6.92 Å². The van der Waals surface area contributed by atoms with Crippen LogP contribution in [-0.4, -0.2) is 74.6 Å². The molecule has 2 heterocycles. The fourth-order valence-corrected chi connectivity index (χ4v) is 3.50. The van der Waals surface area contributed by atoms with Gasteiger partial charge in [0.1, 0.15) is 18.5 Å². The number of rotatable bonds is 6. The first-order valence-corrected chi connectivity index (χ1v) is 9.54. The molecular weight excluding hydrogens is 393 g/mol. The molecule has 154 valence electrons. The highest BCUT2D eigenvalue weighted by Crippen LogP contribution is 2.31. The lowest BCUT2D eigenvalue weighted by Gasteiger charge is -2.36. The van der Waals surface area contributed by atoms with Crippen molar-refractivity contribution < 1.29 is 22.7 Å². The van der Waals surface area contributed by atoms with Crippen molar-refractivity contribution in [3.63, 3.8) is 0 Å². The second-order valence-electron chi connectivity index (χ2n) is 6.83. The molecule has 1 atom stereocenters. The zero-order chi connectivity index (χ0) is 20.3. The van der Waals surface area contributed by atoms with E-state index < -0.39 is 30.5 Å². The first kappa shape index (κ1) is 20.7. The molecule has 1 aromatic carbocycles. The molecule has 28 heavy (non-hydrogen) atoms. The van der Waals surface area contributed by atoms with Crippen molar-refractivity contribution in [2.45, 2.75) is 13.0 Å². The largest absolute Gasteiger partial charge is 0.442 e. The lowest BCUT2D eigenvalue weighted by molar-refractivity contribution is 0.143. The monoisotopic (exact) mass is 416 g/mol. The Morgan fingerprint density at radius 1 is 1.25 bits per heavy atom. The quantitative estimate of drug-likeness (QED) is 0.719. The SMILES string of the molecule is CC(=S)NC[C@H]1CN(c2cc(F)c(N3CCN(CCF)CC3)c(F)c2)C(=O)O1. The van der Waals surface area contributed by atoms with Crippen LogP contribution in [0.5, 0.6) is 0 Å². The number of piperazine rings is 1. The number of thiocarbonyl (C=S) groups is 1. The molecule has 10 heteroatoms. The fourth-order valence-electron chi connectivity index (χ4n) is 3.42. The van der Waals surface area contributed by atoms with E-state index in [1.807, 2.05) is 4.90 Å². The number of amides is 1. The van der Waals surface area contributed by atoms with Gasteiger partial charge in [0.15, 0.2) is 11.6 Å².